The van der Waals surface area contributed by atoms with Crippen LogP contribution in [0.3, 0.4) is 0 Å². The van der Waals surface area contributed by atoms with E-state index in [2.05, 4.69) is 31.5 Å². The third-order valence-electron chi connectivity index (χ3n) is 1.30. The summed E-state index contributed by atoms with van der Waals surface area (Å²) in [7, 11) is 0. The van der Waals surface area contributed by atoms with Crippen molar-refractivity contribution < 1.29 is 4.79 Å². The van der Waals surface area contributed by atoms with Crippen molar-refractivity contribution in [2.45, 2.75) is 0 Å². The molecule has 0 unspecified atom stereocenters. The molecule has 0 aliphatic carbocycles. The lowest BCUT2D eigenvalue weighted by Gasteiger charge is -2.04. The highest BCUT2D eigenvalue weighted by Crippen LogP contribution is 2.01. The van der Waals surface area contributed by atoms with Crippen LogP contribution in [0.5, 0.6) is 0 Å². The Morgan fingerprint density at radius 1 is 1.62 bits per heavy atom. The minimum Gasteiger partial charge on any atom is -0.337 e. The molecule has 1 heterocycles. The van der Waals surface area contributed by atoms with Crippen LogP contribution in [0.4, 0.5) is 10.5 Å². The van der Waals surface area contributed by atoms with E-state index in [0.29, 0.717) is 12.2 Å². The summed E-state index contributed by atoms with van der Waals surface area (Å²) in [6.07, 6.45) is 3.25. The maximum absolute atomic E-state index is 11.1. The zero-order valence-corrected chi connectivity index (χ0v) is 8.54. The van der Waals surface area contributed by atoms with Gasteiger partial charge >= 0.3 is 6.03 Å². The normalized spacial score (nSPS) is 9.31. The minimum atomic E-state index is -0.215. The summed E-state index contributed by atoms with van der Waals surface area (Å²) in [6.45, 7) is 0.603. The Hall–Kier alpha value is -1.10. The number of amides is 2. The number of alkyl halides is 1. The van der Waals surface area contributed by atoms with Crippen LogP contribution < -0.4 is 10.6 Å². The molecule has 2 amide bonds. The summed E-state index contributed by atoms with van der Waals surface area (Å²) in [6, 6.07) is 3.33. The predicted molar refractivity (Wildman–Crippen MR) is 55.1 cm³/mol. The molecule has 0 aromatic carbocycles. The second-order valence-electron chi connectivity index (χ2n) is 2.31. The van der Waals surface area contributed by atoms with Crippen molar-refractivity contribution in [3.8, 4) is 0 Å². The number of urea groups is 1. The fourth-order valence-corrected chi connectivity index (χ4v) is 0.971. The van der Waals surface area contributed by atoms with Crippen molar-refractivity contribution in [3.63, 3.8) is 0 Å². The average molecular weight is 244 g/mol. The first kappa shape index (κ1) is 9.98. The topological polar surface area (TPSA) is 54.0 Å². The number of carbonyl (C=O) groups is 1. The van der Waals surface area contributed by atoms with Crippen molar-refractivity contribution in [2.24, 2.45) is 0 Å². The summed E-state index contributed by atoms with van der Waals surface area (Å²) in [5.41, 5.74) is 0.689. The van der Waals surface area contributed by atoms with Crippen LogP contribution in [0.1, 0.15) is 0 Å². The second kappa shape index (κ2) is 5.53. The van der Waals surface area contributed by atoms with Crippen LogP contribution in [0, 0.1) is 0 Å². The number of rotatable bonds is 3. The second-order valence-corrected chi connectivity index (χ2v) is 3.10. The SMILES string of the molecule is O=C(NCCBr)Nc1cccnc1. The molecule has 0 atom stereocenters. The Balaban J connectivity index is 2.37. The molecule has 1 rings (SSSR count). The highest BCUT2D eigenvalue weighted by molar-refractivity contribution is 9.09. The minimum absolute atomic E-state index is 0.215. The van der Waals surface area contributed by atoms with Gasteiger partial charge in [0.05, 0.1) is 11.9 Å². The van der Waals surface area contributed by atoms with Gasteiger partial charge in [-0.1, -0.05) is 15.9 Å². The predicted octanol–water partition coefficient (Wildman–Crippen LogP) is 1.60. The van der Waals surface area contributed by atoms with E-state index in [1.54, 1.807) is 24.5 Å². The van der Waals surface area contributed by atoms with Crippen molar-refractivity contribution >= 4 is 27.6 Å². The summed E-state index contributed by atoms with van der Waals surface area (Å²) in [5, 5.41) is 6.04. The lowest BCUT2D eigenvalue weighted by atomic mass is 10.4. The van der Waals surface area contributed by atoms with Gasteiger partial charge in [0.1, 0.15) is 0 Å². The van der Waals surface area contributed by atoms with Crippen LogP contribution in [0.15, 0.2) is 24.5 Å². The third-order valence-corrected chi connectivity index (χ3v) is 1.70. The van der Waals surface area contributed by atoms with Gasteiger partial charge in [0.2, 0.25) is 0 Å². The van der Waals surface area contributed by atoms with E-state index in [1.165, 1.54) is 0 Å². The molecule has 0 aliphatic heterocycles. The van der Waals surface area contributed by atoms with Gasteiger partial charge < -0.3 is 10.6 Å². The van der Waals surface area contributed by atoms with E-state index >= 15 is 0 Å². The van der Waals surface area contributed by atoms with Crippen LogP contribution in [-0.2, 0) is 0 Å². The number of hydrogen-bond donors (Lipinski definition) is 2. The molecular weight excluding hydrogens is 234 g/mol. The van der Waals surface area contributed by atoms with Crippen molar-refractivity contribution in [1.82, 2.24) is 10.3 Å². The van der Waals surface area contributed by atoms with Crippen molar-refractivity contribution in [2.75, 3.05) is 17.2 Å². The lowest BCUT2D eigenvalue weighted by molar-refractivity contribution is 0.252. The molecule has 13 heavy (non-hydrogen) atoms. The number of nitrogens with zero attached hydrogens (tertiary/aromatic N) is 1. The molecule has 4 nitrogen and oxygen atoms in total. The third kappa shape index (κ3) is 3.89. The molecule has 0 aliphatic rings. The van der Waals surface area contributed by atoms with E-state index in [1.807, 2.05) is 0 Å². The number of aromatic nitrogens is 1. The quantitative estimate of drug-likeness (QED) is 0.793. The zero-order valence-electron chi connectivity index (χ0n) is 6.96. The van der Waals surface area contributed by atoms with Gasteiger partial charge in [-0.25, -0.2) is 4.79 Å². The Morgan fingerprint density at radius 2 is 2.46 bits per heavy atom. The van der Waals surface area contributed by atoms with Crippen molar-refractivity contribution in [1.29, 1.82) is 0 Å². The van der Waals surface area contributed by atoms with Gasteiger partial charge in [-0.05, 0) is 12.1 Å². The zero-order chi connectivity index (χ0) is 9.52. The van der Waals surface area contributed by atoms with Crippen LogP contribution in [-0.4, -0.2) is 22.9 Å². The van der Waals surface area contributed by atoms with E-state index in [4.69, 9.17) is 0 Å². The number of hydrogen-bond acceptors (Lipinski definition) is 2. The standard InChI is InChI=1S/C8H10BrN3O/c9-3-5-11-8(13)12-7-2-1-4-10-6-7/h1-2,4,6H,3,5H2,(H2,11,12,13). The first-order chi connectivity index (χ1) is 6.33. The number of pyridine rings is 1. The van der Waals surface area contributed by atoms with Gasteiger partial charge in [-0.3, -0.25) is 4.98 Å². The monoisotopic (exact) mass is 243 g/mol. The average Bonchev–Trinajstić information content (AvgIpc) is 2.16. The molecule has 70 valence electrons. The molecule has 0 radical (unpaired) electrons. The summed E-state index contributed by atoms with van der Waals surface area (Å²) in [5.74, 6) is 0. The van der Waals surface area contributed by atoms with Crippen LogP contribution in [0.25, 0.3) is 0 Å². The molecule has 0 fully saturated rings. The number of carbonyl (C=O) groups excluding carboxylic acids is 1. The Labute approximate surface area is 84.9 Å². The molecule has 0 saturated carbocycles. The van der Waals surface area contributed by atoms with E-state index < -0.39 is 0 Å². The van der Waals surface area contributed by atoms with Gasteiger partial charge in [0.25, 0.3) is 0 Å². The molecular formula is C8H10BrN3O. The van der Waals surface area contributed by atoms with Crippen LogP contribution >= 0.6 is 15.9 Å². The molecule has 1 aromatic heterocycles. The van der Waals surface area contributed by atoms with E-state index in [0.717, 1.165) is 5.33 Å². The Bertz CT molecular complexity index is 265. The van der Waals surface area contributed by atoms with Gasteiger partial charge in [0.15, 0.2) is 0 Å². The van der Waals surface area contributed by atoms with Crippen molar-refractivity contribution in [3.05, 3.63) is 24.5 Å². The first-order valence-electron chi connectivity index (χ1n) is 3.84. The van der Waals surface area contributed by atoms with Gasteiger partial charge in [-0.15, -0.1) is 0 Å². The first-order valence-corrected chi connectivity index (χ1v) is 4.96. The van der Waals surface area contributed by atoms with Gasteiger partial charge in [0, 0.05) is 18.1 Å². The summed E-state index contributed by atoms with van der Waals surface area (Å²) in [4.78, 5) is 15.0. The van der Waals surface area contributed by atoms with Gasteiger partial charge in [-0.2, -0.15) is 0 Å². The van der Waals surface area contributed by atoms with E-state index in [-0.39, 0.29) is 6.03 Å². The maximum Gasteiger partial charge on any atom is 0.319 e. The molecule has 0 bridgehead atoms. The Morgan fingerprint density at radius 3 is 3.08 bits per heavy atom. The smallest absolute Gasteiger partial charge is 0.319 e. The largest absolute Gasteiger partial charge is 0.337 e. The summed E-state index contributed by atoms with van der Waals surface area (Å²) < 4.78 is 0. The summed E-state index contributed by atoms with van der Waals surface area (Å²) >= 11 is 3.21. The highest BCUT2D eigenvalue weighted by atomic mass is 79.9. The highest BCUT2D eigenvalue weighted by Gasteiger charge is 1.98. The van der Waals surface area contributed by atoms with E-state index in [9.17, 15) is 4.79 Å². The Kier molecular flexibility index (Phi) is 4.25. The molecule has 0 saturated heterocycles. The number of nitrogens with one attached hydrogen (secondary N) is 2. The maximum atomic E-state index is 11.1. The van der Waals surface area contributed by atoms with Crippen LogP contribution in [0.2, 0.25) is 0 Å². The molecule has 0 spiro atoms. The molecule has 5 heteroatoms. The number of halogens is 1. The lowest BCUT2D eigenvalue weighted by Crippen LogP contribution is -2.30. The fraction of sp³-hybridized carbons (Fsp3) is 0.250. The number of anilines is 1. The fourth-order valence-electron chi connectivity index (χ4n) is 0.773. The molecule has 2 N–H and O–H groups in total. The molecule has 1 aromatic rings.